The lowest BCUT2D eigenvalue weighted by molar-refractivity contribution is -0.142. The Balaban J connectivity index is 2.19. The van der Waals surface area contributed by atoms with Gasteiger partial charge in [0.15, 0.2) is 11.5 Å². The third-order valence-corrected chi connectivity index (χ3v) is 3.71. The molecule has 1 unspecified atom stereocenters. The molecule has 1 heterocycles. The van der Waals surface area contributed by atoms with Gasteiger partial charge in [0.1, 0.15) is 6.04 Å². The second kappa shape index (κ2) is 6.33. The van der Waals surface area contributed by atoms with Gasteiger partial charge >= 0.3 is 5.97 Å². The Hall–Kier alpha value is -1.46. The van der Waals surface area contributed by atoms with Crippen LogP contribution < -0.4 is 4.74 Å². The lowest BCUT2D eigenvalue weighted by Gasteiger charge is -2.21. The number of likely N-dealkylation sites (tertiary alicyclic amines) is 1. The number of ether oxygens (including phenoxy) is 1. The molecule has 0 amide bonds. The Bertz CT molecular complexity index is 506. The number of nitrogens with zero attached hydrogens (tertiary/aromatic N) is 1. The van der Waals surface area contributed by atoms with E-state index in [0.29, 0.717) is 25.3 Å². The second-order valence-electron chi connectivity index (χ2n) is 4.82. The highest BCUT2D eigenvalue weighted by Crippen LogP contribution is 2.36. The van der Waals surface area contributed by atoms with Crippen LogP contribution in [0.4, 0.5) is 0 Å². The third-order valence-electron chi connectivity index (χ3n) is 3.42. The van der Waals surface area contributed by atoms with E-state index in [-0.39, 0.29) is 10.8 Å². The summed E-state index contributed by atoms with van der Waals surface area (Å²) in [6.07, 6.45) is 1.54. The summed E-state index contributed by atoms with van der Waals surface area (Å²) in [6.45, 7) is 3.48. The van der Waals surface area contributed by atoms with E-state index in [4.69, 9.17) is 21.4 Å². The molecule has 1 saturated heterocycles. The topological polar surface area (TPSA) is 70.0 Å². The molecule has 0 aliphatic carbocycles. The molecule has 1 aliphatic rings. The molecule has 110 valence electrons. The number of phenolic OH excluding ortho intramolecular Hbond substituents is 1. The Morgan fingerprint density at radius 3 is 2.95 bits per heavy atom. The predicted molar refractivity (Wildman–Crippen MR) is 75.4 cm³/mol. The number of aliphatic carboxylic acids is 1. The highest BCUT2D eigenvalue weighted by atomic mass is 35.5. The van der Waals surface area contributed by atoms with Crippen molar-refractivity contribution >= 4 is 17.6 Å². The van der Waals surface area contributed by atoms with Crippen molar-refractivity contribution in [2.24, 2.45) is 0 Å². The van der Waals surface area contributed by atoms with Gasteiger partial charge in [-0.15, -0.1) is 0 Å². The fourth-order valence-electron chi connectivity index (χ4n) is 2.51. The van der Waals surface area contributed by atoms with Crippen molar-refractivity contribution in [2.75, 3.05) is 13.2 Å². The van der Waals surface area contributed by atoms with Gasteiger partial charge in [-0.2, -0.15) is 0 Å². The summed E-state index contributed by atoms with van der Waals surface area (Å²) >= 11 is 5.97. The minimum absolute atomic E-state index is 0.0755. The molecule has 0 spiro atoms. The van der Waals surface area contributed by atoms with Crippen molar-refractivity contribution in [3.05, 3.63) is 22.7 Å². The Morgan fingerprint density at radius 2 is 2.30 bits per heavy atom. The average Bonchev–Trinajstić information content (AvgIpc) is 2.84. The number of hydrogen-bond acceptors (Lipinski definition) is 4. The molecule has 1 fully saturated rings. The number of halogens is 1. The molecule has 0 radical (unpaired) electrons. The highest BCUT2D eigenvalue weighted by Gasteiger charge is 2.30. The van der Waals surface area contributed by atoms with E-state index in [1.165, 1.54) is 0 Å². The normalized spacial score (nSPS) is 19.2. The van der Waals surface area contributed by atoms with Crippen molar-refractivity contribution < 1.29 is 19.7 Å². The zero-order valence-electron chi connectivity index (χ0n) is 11.3. The third kappa shape index (κ3) is 3.16. The van der Waals surface area contributed by atoms with Crippen LogP contribution in [-0.2, 0) is 11.3 Å². The molecule has 0 aromatic heterocycles. The van der Waals surface area contributed by atoms with Crippen molar-refractivity contribution in [1.82, 2.24) is 4.90 Å². The van der Waals surface area contributed by atoms with Crippen LogP contribution in [0, 0.1) is 0 Å². The van der Waals surface area contributed by atoms with Crippen molar-refractivity contribution in [1.29, 1.82) is 0 Å². The number of phenols is 1. The van der Waals surface area contributed by atoms with Crippen molar-refractivity contribution in [2.45, 2.75) is 32.4 Å². The molecule has 1 atom stereocenters. The standard InChI is InChI=1S/C14H18ClNO4/c1-2-20-12-7-9(6-10(15)13(12)17)8-16-5-3-4-11(16)14(18)19/h6-7,11,17H,2-5,8H2,1H3,(H,18,19). The predicted octanol–water partition coefficient (Wildman–Crippen LogP) is 2.49. The smallest absolute Gasteiger partial charge is 0.320 e. The summed E-state index contributed by atoms with van der Waals surface area (Å²) in [5, 5.41) is 19.2. The summed E-state index contributed by atoms with van der Waals surface area (Å²) in [5.74, 6) is -0.535. The maximum Gasteiger partial charge on any atom is 0.320 e. The van der Waals surface area contributed by atoms with Gasteiger partial charge in [0, 0.05) is 6.54 Å². The molecule has 2 rings (SSSR count). The fraction of sp³-hybridized carbons (Fsp3) is 0.500. The van der Waals surface area contributed by atoms with Crippen LogP contribution >= 0.6 is 11.6 Å². The molecule has 0 bridgehead atoms. The lowest BCUT2D eigenvalue weighted by Crippen LogP contribution is -2.35. The van der Waals surface area contributed by atoms with Gasteiger partial charge in [-0.1, -0.05) is 11.6 Å². The van der Waals surface area contributed by atoms with E-state index in [0.717, 1.165) is 18.5 Å². The molecular weight excluding hydrogens is 282 g/mol. The summed E-state index contributed by atoms with van der Waals surface area (Å²) in [6, 6.07) is 2.91. The van der Waals surface area contributed by atoms with E-state index < -0.39 is 12.0 Å². The van der Waals surface area contributed by atoms with Crippen LogP contribution in [0.1, 0.15) is 25.3 Å². The lowest BCUT2D eigenvalue weighted by atomic mass is 10.1. The van der Waals surface area contributed by atoms with Gasteiger partial charge in [-0.05, 0) is 44.0 Å². The van der Waals surface area contributed by atoms with Crippen LogP contribution in [0.25, 0.3) is 0 Å². The van der Waals surface area contributed by atoms with Gasteiger partial charge in [-0.25, -0.2) is 0 Å². The zero-order valence-corrected chi connectivity index (χ0v) is 12.1. The van der Waals surface area contributed by atoms with Crippen LogP contribution in [0.2, 0.25) is 5.02 Å². The van der Waals surface area contributed by atoms with Gasteiger partial charge < -0.3 is 14.9 Å². The van der Waals surface area contributed by atoms with Gasteiger partial charge in [-0.3, -0.25) is 9.69 Å². The quantitative estimate of drug-likeness (QED) is 0.874. The van der Waals surface area contributed by atoms with Crippen molar-refractivity contribution in [3.63, 3.8) is 0 Å². The number of aromatic hydroxyl groups is 1. The summed E-state index contributed by atoms with van der Waals surface area (Å²) in [5.41, 5.74) is 0.837. The van der Waals surface area contributed by atoms with E-state index in [9.17, 15) is 9.90 Å². The summed E-state index contributed by atoms with van der Waals surface area (Å²) in [7, 11) is 0. The monoisotopic (exact) mass is 299 g/mol. The number of carbonyl (C=O) groups is 1. The van der Waals surface area contributed by atoms with E-state index >= 15 is 0 Å². The van der Waals surface area contributed by atoms with Crippen LogP contribution in [0.5, 0.6) is 11.5 Å². The first kappa shape index (κ1) is 14.9. The first-order valence-electron chi connectivity index (χ1n) is 6.64. The first-order chi connectivity index (χ1) is 9.52. The number of carboxylic acid groups (broad SMARTS) is 1. The average molecular weight is 300 g/mol. The zero-order chi connectivity index (χ0) is 14.7. The fourth-order valence-corrected chi connectivity index (χ4v) is 2.75. The SMILES string of the molecule is CCOc1cc(CN2CCCC2C(=O)O)cc(Cl)c1O. The molecule has 1 aromatic carbocycles. The van der Waals surface area contributed by atoms with E-state index in [2.05, 4.69) is 0 Å². The maximum atomic E-state index is 11.2. The van der Waals surface area contributed by atoms with Crippen LogP contribution in [0.15, 0.2) is 12.1 Å². The molecule has 2 N–H and O–H groups in total. The first-order valence-corrected chi connectivity index (χ1v) is 7.01. The van der Waals surface area contributed by atoms with Gasteiger partial charge in [0.2, 0.25) is 0 Å². The van der Waals surface area contributed by atoms with Crippen LogP contribution in [0.3, 0.4) is 0 Å². The van der Waals surface area contributed by atoms with E-state index in [1.807, 2.05) is 11.8 Å². The minimum atomic E-state index is -0.794. The number of rotatable bonds is 5. The molecular formula is C14H18ClNO4. The molecule has 20 heavy (non-hydrogen) atoms. The van der Waals surface area contributed by atoms with Crippen LogP contribution in [-0.4, -0.2) is 40.3 Å². The largest absolute Gasteiger partial charge is 0.503 e. The number of benzene rings is 1. The molecule has 5 nitrogen and oxygen atoms in total. The Kier molecular flexibility index (Phi) is 4.73. The van der Waals surface area contributed by atoms with Gasteiger partial charge in [0.25, 0.3) is 0 Å². The number of carboxylic acids is 1. The summed E-state index contributed by atoms with van der Waals surface area (Å²) < 4.78 is 5.33. The Labute approximate surface area is 122 Å². The number of hydrogen-bond donors (Lipinski definition) is 2. The molecule has 1 aliphatic heterocycles. The minimum Gasteiger partial charge on any atom is -0.503 e. The Morgan fingerprint density at radius 1 is 1.55 bits per heavy atom. The van der Waals surface area contributed by atoms with Gasteiger partial charge in [0.05, 0.1) is 11.6 Å². The summed E-state index contributed by atoms with van der Waals surface area (Å²) in [4.78, 5) is 13.1. The van der Waals surface area contributed by atoms with E-state index in [1.54, 1.807) is 12.1 Å². The molecule has 1 aromatic rings. The highest BCUT2D eigenvalue weighted by molar-refractivity contribution is 6.32. The van der Waals surface area contributed by atoms with Crippen molar-refractivity contribution in [3.8, 4) is 11.5 Å². The molecule has 0 saturated carbocycles. The molecule has 6 heteroatoms. The second-order valence-corrected chi connectivity index (χ2v) is 5.23. The maximum absolute atomic E-state index is 11.2.